The third-order valence-electron chi connectivity index (χ3n) is 4.27. The Balaban J connectivity index is 1.62. The van der Waals surface area contributed by atoms with Crippen molar-refractivity contribution in [2.75, 3.05) is 6.61 Å². The van der Waals surface area contributed by atoms with Crippen molar-refractivity contribution in [3.63, 3.8) is 0 Å². The van der Waals surface area contributed by atoms with Gasteiger partial charge in [0.25, 0.3) is 0 Å². The van der Waals surface area contributed by atoms with E-state index in [0.29, 0.717) is 11.2 Å². The van der Waals surface area contributed by atoms with Gasteiger partial charge in [0.15, 0.2) is 0 Å². The molecule has 86 valence electrons. The molecule has 0 saturated heterocycles. The molecule has 2 aliphatic rings. The van der Waals surface area contributed by atoms with E-state index in [1.807, 2.05) is 12.1 Å². The van der Waals surface area contributed by atoms with Crippen molar-refractivity contribution < 1.29 is 9.84 Å². The van der Waals surface area contributed by atoms with Gasteiger partial charge in [-0.3, -0.25) is 0 Å². The number of fused-ring (bicyclic) bond motifs is 2. The number of hydrogen-bond acceptors (Lipinski definition) is 2. The molecule has 2 nitrogen and oxygen atoms in total. The van der Waals surface area contributed by atoms with Crippen LogP contribution in [0.25, 0.3) is 0 Å². The minimum atomic E-state index is 0.298. The van der Waals surface area contributed by atoms with Crippen LogP contribution in [0.15, 0.2) is 24.3 Å². The van der Waals surface area contributed by atoms with Crippen LogP contribution in [0, 0.1) is 11.3 Å². The molecule has 0 atom stereocenters. The summed E-state index contributed by atoms with van der Waals surface area (Å²) in [5, 5.41) is 9.18. The lowest BCUT2D eigenvalue weighted by molar-refractivity contribution is 0.152. The normalized spacial score (nSPS) is 31.9. The number of phenols is 1. The van der Waals surface area contributed by atoms with Crippen molar-refractivity contribution in [3.05, 3.63) is 24.3 Å². The van der Waals surface area contributed by atoms with Crippen molar-refractivity contribution in [1.82, 2.24) is 0 Å². The van der Waals surface area contributed by atoms with Gasteiger partial charge in [0.2, 0.25) is 0 Å². The van der Waals surface area contributed by atoms with Crippen LogP contribution in [-0.4, -0.2) is 11.7 Å². The summed E-state index contributed by atoms with van der Waals surface area (Å²) < 4.78 is 5.85. The van der Waals surface area contributed by atoms with Crippen LogP contribution in [-0.2, 0) is 0 Å². The minimum Gasteiger partial charge on any atom is -0.508 e. The molecule has 0 radical (unpaired) electrons. The highest BCUT2D eigenvalue weighted by atomic mass is 16.5. The van der Waals surface area contributed by atoms with E-state index in [0.717, 1.165) is 18.3 Å². The van der Waals surface area contributed by atoms with Crippen molar-refractivity contribution in [2.24, 2.45) is 11.3 Å². The zero-order valence-corrected chi connectivity index (χ0v) is 9.48. The summed E-state index contributed by atoms with van der Waals surface area (Å²) >= 11 is 0. The third-order valence-corrected chi connectivity index (χ3v) is 4.27. The molecule has 2 aliphatic carbocycles. The number of rotatable bonds is 3. The van der Waals surface area contributed by atoms with E-state index in [2.05, 4.69) is 0 Å². The van der Waals surface area contributed by atoms with E-state index in [-0.39, 0.29) is 0 Å². The van der Waals surface area contributed by atoms with E-state index in [1.54, 1.807) is 12.1 Å². The molecule has 0 aliphatic heterocycles. The fraction of sp³-hybridized carbons (Fsp3) is 0.571. The number of hydrogen-bond donors (Lipinski definition) is 1. The topological polar surface area (TPSA) is 29.5 Å². The smallest absolute Gasteiger partial charge is 0.119 e. The van der Waals surface area contributed by atoms with Gasteiger partial charge >= 0.3 is 0 Å². The van der Waals surface area contributed by atoms with Gasteiger partial charge in [-0.05, 0) is 62.3 Å². The highest BCUT2D eigenvalue weighted by Crippen LogP contribution is 2.54. The summed E-state index contributed by atoms with van der Waals surface area (Å²) in [5.74, 6) is 2.15. The molecule has 1 N–H and O–H groups in total. The standard InChI is InChI=1S/C14H18O2/c15-12-1-3-13(4-2-12)16-10-14-7-5-11(9-14)6-8-14/h1-4,11,15H,5-10H2. The lowest BCUT2D eigenvalue weighted by Gasteiger charge is -2.26. The Morgan fingerprint density at radius 3 is 2.44 bits per heavy atom. The largest absolute Gasteiger partial charge is 0.508 e. The molecule has 3 rings (SSSR count). The van der Waals surface area contributed by atoms with Gasteiger partial charge in [0.1, 0.15) is 11.5 Å². The van der Waals surface area contributed by atoms with Crippen molar-refractivity contribution in [1.29, 1.82) is 0 Å². The predicted octanol–water partition coefficient (Wildman–Crippen LogP) is 3.35. The van der Waals surface area contributed by atoms with Gasteiger partial charge in [-0.15, -0.1) is 0 Å². The monoisotopic (exact) mass is 218 g/mol. The van der Waals surface area contributed by atoms with Crippen LogP contribution >= 0.6 is 0 Å². The maximum Gasteiger partial charge on any atom is 0.119 e. The SMILES string of the molecule is Oc1ccc(OCC23CCC(CC2)C3)cc1. The summed E-state index contributed by atoms with van der Waals surface area (Å²) in [7, 11) is 0. The summed E-state index contributed by atoms with van der Waals surface area (Å²) in [4.78, 5) is 0. The second kappa shape index (κ2) is 3.69. The Bertz CT molecular complexity index is 361. The predicted molar refractivity (Wildman–Crippen MR) is 62.6 cm³/mol. The summed E-state index contributed by atoms with van der Waals surface area (Å²) in [5.41, 5.74) is 0.475. The Kier molecular flexibility index (Phi) is 2.31. The summed E-state index contributed by atoms with van der Waals surface area (Å²) in [6.45, 7) is 0.855. The second-order valence-electron chi connectivity index (χ2n) is 5.43. The van der Waals surface area contributed by atoms with E-state index in [4.69, 9.17) is 4.74 Å². The second-order valence-corrected chi connectivity index (χ2v) is 5.43. The molecule has 16 heavy (non-hydrogen) atoms. The minimum absolute atomic E-state index is 0.298. The molecular formula is C14H18O2. The molecule has 1 aromatic carbocycles. The fourth-order valence-corrected chi connectivity index (χ4v) is 3.29. The fourth-order valence-electron chi connectivity index (χ4n) is 3.29. The first kappa shape index (κ1) is 10.0. The highest BCUT2D eigenvalue weighted by molar-refractivity contribution is 5.30. The number of phenolic OH excluding ortho intramolecular Hbond substituents is 1. The number of benzene rings is 1. The molecule has 0 spiro atoms. The van der Waals surface area contributed by atoms with Crippen LogP contribution in [0.4, 0.5) is 0 Å². The van der Waals surface area contributed by atoms with Crippen LogP contribution in [0.2, 0.25) is 0 Å². The lowest BCUT2D eigenvalue weighted by Crippen LogP contribution is -2.23. The molecule has 0 aromatic heterocycles. The first-order chi connectivity index (χ1) is 7.76. The van der Waals surface area contributed by atoms with Crippen LogP contribution in [0.1, 0.15) is 32.1 Å². The van der Waals surface area contributed by atoms with Crippen LogP contribution in [0.5, 0.6) is 11.5 Å². The molecule has 2 heteroatoms. The van der Waals surface area contributed by atoms with Gasteiger partial charge in [-0.25, -0.2) is 0 Å². The van der Waals surface area contributed by atoms with Gasteiger partial charge in [0.05, 0.1) is 6.61 Å². The Morgan fingerprint density at radius 1 is 1.19 bits per heavy atom. The quantitative estimate of drug-likeness (QED) is 0.843. The summed E-state index contributed by atoms with van der Waals surface area (Å²) in [6, 6.07) is 7.04. The first-order valence-corrected chi connectivity index (χ1v) is 6.18. The average Bonchev–Trinajstić information content (AvgIpc) is 2.89. The third kappa shape index (κ3) is 1.77. The highest BCUT2D eigenvalue weighted by Gasteiger charge is 2.45. The molecule has 0 unspecified atom stereocenters. The maximum atomic E-state index is 9.18. The van der Waals surface area contributed by atoms with Crippen LogP contribution < -0.4 is 4.74 Å². The molecule has 2 fully saturated rings. The Morgan fingerprint density at radius 2 is 1.88 bits per heavy atom. The summed E-state index contributed by atoms with van der Waals surface area (Å²) in [6.07, 6.45) is 6.86. The first-order valence-electron chi connectivity index (χ1n) is 6.18. The Labute approximate surface area is 96.2 Å². The van der Waals surface area contributed by atoms with Crippen molar-refractivity contribution in [3.8, 4) is 11.5 Å². The Hall–Kier alpha value is -1.18. The lowest BCUT2D eigenvalue weighted by atomic mass is 9.85. The number of ether oxygens (including phenoxy) is 1. The maximum absolute atomic E-state index is 9.18. The molecule has 1 aromatic rings. The van der Waals surface area contributed by atoms with E-state index >= 15 is 0 Å². The van der Waals surface area contributed by atoms with Crippen molar-refractivity contribution in [2.45, 2.75) is 32.1 Å². The molecule has 2 saturated carbocycles. The van der Waals surface area contributed by atoms with Crippen LogP contribution in [0.3, 0.4) is 0 Å². The van der Waals surface area contributed by atoms with E-state index in [1.165, 1.54) is 32.1 Å². The number of aromatic hydroxyl groups is 1. The van der Waals surface area contributed by atoms with Gasteiger partial charge < -0.3 is 9.84 Å². The van der Waals surface area contributed by atoms with E-state index in [9.17, 15) is 5.11 Å². The van der Waals surface area contributed by atoms with E-state index < -0.39 is 0 Å². The zero-order chi connectivity index (χ0) is 11.0. The molecule has 0 heterocycles. The molecule has 0 amide bonds. The van der Waals surface area contributed by atoms with Gasteiger partial charge in [-0.2, -0.15) is 0 Å². The van der Waals surface area contributed by atoms with Gasteiger partial charge in [-0.1, -0.05) is 0 Å². The zero-order valence-electron chi connectivity index (χ0n) is 9.48. The average molecular weight is 218 g/mol. The molecular weight excluding hydrogens is 200 g/mol. The van der Waals surface area contributed by atoms with Gasteiger partial charge in [0, 0.05) is 5.41 Å². The van der Waals surface area contributed by atoms with Crippen molar-refractivity contribution >= 4 is 0 Å². The molecule has 2 bridgehead atoms.